The van der Waals surface area contributed by atoms with E-state index in [1.165, 1.54) is 19.2 Å². The summed E-state index contributed by atoms with van der Waals surface area (Å²) in [7, 11) is 1.41. The van der Waals surface area contributed by atoms with Crippen molar-refractivity contribution in [3.8, 4) is 22.8 Å². The van der Waals surface area contributed by atoms with Crippen LogP contribution in [0.2, 0.25) is 0 Å². The molecule has 0 saturated heterocycles. The fraction of sp³-hybridized carbons (Fsp3) is 0.167. The predicted molar refractivity (Wildman–Crippen MR) is 92.7 cm³/mol. The number of aromatic nitrogens is 3. The number of benzene rings is 2. The molecule has 0 atom stereocenters. The minimum absolute atomic E-state index is 0.0998. The van der Waals surface area contributed by atoms with Gasteiger partial charge in [-0.3, -0.25) is 4.79 Å². The monoisotopic (exact) mass is 392 g/mol. The van der Waals surface area contributed by atoms with E-state index < -0.39 is 17.6 Å². The van der Waals surface area contributed by atoms with Crippen molar-refractivity contribution in [3.05, 3.63) is 59.3 Å². The third-order valence-corrected chi connectivity index (χ3v) is 3.87. The topological polar surface area (TPSA) is 103 Å². The molecule has 0 aliphatic heterocycles. The molecule has 0 aliphatic rings. The maximum atomic E-state index is 12.9. The Morgan fingerprint density at radius 2 is 1.93 bits per heavy atom. The van der Waals surface area contributed by atoms with Crippen molar-refractivity contribution in [2.45, 2.75) is 12.8 Å². The van der Waals surface area contributed by atoms with E-state index in [1.54, 1.807) is 18.2 Å². The number of carbonyl (C=O) groups excluding carboxylic acids is 1. The number of alkyl halides is 3. The molecule has 28 heavy (non-hydrogen) atoms. The number of methoxy groups -OCH3 is 1. The number of nitrogens with one attached hydrogen (secondary N) is 1. The van der Waals surface area contributed by atoms with Gasteiger partial charge in [-0.1, -0.05) is 18.2 Å². The van der Waals surface area contributed by atoms with Crippen LogP contribution >= 0.6 is 0 Å². The quantitative estimate of drug-likeness (QED) is 0.671. The number of hydrogen-bond acceptors (Lipinski definition) is 5. The van der Waals surface area contributed by atoms with Crippen LogP contribution in [0.25, 0.3) is 11.3 Å². The highest BCUT2D eigenvalue weighted by molar-refractivity contribution is 5.97. The van der Waals surface area contributed by atoms with E-state index in [1.807, 2.05) is 0 Å². The standard InChI is InChI=1S/C18H15F3N4O3/c1-27-13-7-3-6-12(14-15(17(22)26)24-25-23-14)16(13)28-9-10-4-2-5-11(8-10)18(19,20)21/h2-8H,9H2,1H3,(H2,22,26)(H,23,24,25). The Hall–Kier alpha value is -3.56. The molecule has 0 unspecified atom stereocenters. The fourth-order valence-corrected chi connectivity index (χ4v) is 2.60. The second-order valence-electron chi connectivity index (χ2n) is 5.71. The molecule has 1 aromatic heterocycles. The summed E-state index contributed by atoms with van der Waals surface area (Å²) in [5, 5.41) is 9.96. The van der Waals surface area contributed by atoms with Crippen molar-refractivity contribution < 1.29 is 27.4 Å². The summed E-state index contributed by atoms with van der Waals surface area (Å²) in [6.45, 7) is -0.166. The molecule has 0 spiro atoms. The summed E-state index contributed by atoms with van der Waals surface area (Å²) in [5.74, 6) is -0.294. The molecule has 3 N–H and O–H groups in total. The number of para-hydroxylation sites is 1. The summed E-state index contributed by atoms with van der Waals surface area (Å²) in [5.41, 5.74) is 5.23. The number of amides is 1. The van der Waals surface area contributed by atoms with E-state index in [9.17, 15) is 18.0 Å². The highest BCUT2D eigenvalue weighted by Gasteiger charge is 2.30. The summed E-state index contributed by atoms with van der Waals surface area (Å²) in [6.07, 6.45) is -4.46. The molecule has 3 rings (SSSR count). The van der Waals surface area contributed by atoms with Crippen LogP contribution in [0.1, 0.15) is 21.6 Å². The van der Waals surface area contributed by atoms with E-state index in [-0.39, 0.29) is 23.7 Å². The molecular formula is C18H15F3N4O3. The second-order valence-corrected chi connectivity index (χ2v) is 5.71. The van der Waals surface area contributed by atoms with Gasteiger partial charge in [0.15, 0.2) is 17.2 Å². The van der Waals surface area contributed by atoms with Gasteiger partial charge in [-0.25, -0.2) is 0 Å². The zero-order chi connectivity index (χ0) is 20.3. The fourth-order valence-electron chi connectivity index (χ4n) is 2.60. The number of hydrogen-bond donors (Lipinski definition) is 2. The first-order valence-corrected chi connectivity index (χ1v) is 7.98. The molecule has 1 heterocycles. The van der Waals surface area contributed by atoms with Crippen LogP contribution in [0, 0.1) is 0 Å². The van der Waals surface area contributed by atoms with E-state index in [2.05, 4.69) is 15.4 Å². The molecule has 0 bridgehead atoms. The molecule has 3 aromatic rings. The first-order chi connectivity index (χ1) is 13.3. The van der Waals surface area contributed by atoms with Gasteiger partial charge in [0, 0.05) is 0 Å². The van der Waals surface area contributed by atoms with Gasteiger partial charge in [-0.05, 0) is 29.8 Å². The lowest BCUT2D eigenvalue weighted by Crippen LogP contribution is -2.13. The van der Waals surface area contributed by atoms with Crippen LogP contribution in [0.4, 0.5) is 13.2 Å². The average Bonchev–Trinajstić information content (AvgIpc) is 3.15. The van der Waals surface area contributed by atoms with Crippen molar-refractivity contribution >= 4 is 5.91 Å². The molecule has 7 nitrogen and oxygen atoms in total. The molecule has 0 aliphatic carbocycles. The third kappa shape index (κ3) is 3.90. The summed E-state index contributed by atoms with van der Waals surface area (Å²) in [6, 6.07) is 9.64. The number of carbonyl (C=O) groups is 1. The van der Waals surface area contributed by atoms with E-state index in [0.717, 1.165) is 12.1 Å². The van der Waals surface area contributed by atoms with Gasteiger partial charge in [0.05, 0.1) is 18.2 Å². The van der Waals surface area contributed by atoms with Gasteiger partial charge in [0.2, 0.25) is 0 Å². The normalized spacial score (nSPS) is 11.3. The van der Waals surface area contributed by atoms with Crippen molar-refractivity contribution in [2.24, 2.45) is 5.73 Å². The number of nitrogens with zero attached hydrogens (tertiary/aromatic N) is 2. The molecule has 0 radical (unpaired) electrons. The lowest BCUT2D eigenvalue weighted by molar-refractivity contribution is -0.137. The number of aromatic amines is 1. The first-order valence-electron chi connectivity index (χ1n) is 7.98. The number of nitrogens with two attached hydrogens (primary N) is 1. The maximum Gasteiger partial charge on any atom is 0.416 e. The molecule has 10 heteroatoms. The minimum atomic E-state index is -4.46. The second kappa shape index (κ2) is 7.59. The van der Waals surface area contributed by atoms with Gasteiger partial charge in [0.1, 0.15) is 12.3 Å². The molecule has 146 valence electrons. The third-order valence-electron chi connectivity index (χ3n) is 3.87. The number of ether oxygens (including phenoxy) is 2. The van der Waals surface area contributed by atoms with Gasteiger partial charge >= 0.3 is 6.18 Å². The summed E-state index contributed by atoms with van der Waals surface area (Å²) in [4.78, 5) is 11.6. The Kier molecular flexibility index (Phi) is 5.21. The lowest BCUT2D eigenvalue weighted by atomic mass is 10.1. The molecule has 0 fully saturated rings. The minimum Gasteiger partial charge on any atom is -0.493 e. The van der Waals surface area contributed by atoms with Crippen LogP contribution in [-0.2, 0) is 12.8 Å². The maximum absolute atomic E-state index is 12.9. The van der Waals surface area contributed by atoms with Crippen molar-refractivity contribution in [2.75, 3.05) is 7.11 Å². The zero-order valence-electron chi connectivity index (χ0n) is 14.6. The number of primary amides is 1. The Labute approximate surface area is 157 Å². The van der Waals surface area contributed by atoms with Gasteiger partial charge < -0.3 is 15.2 Å². The molecule has 0 saturated carbocycles. The van der Waals surface area contributed by atoms with Crippen LogP contribution in [0.15, 0.2) is 42.5 Å². The lowest BCUT2D eigenvalue weighted by Gasteiger charge is -2.15. The Balaban J connectivity index is 1.96. The van der Waals surface area contributed by atoms with Crippen molar-refractivity contribution in [3.63, 3.8) is 0 Å². The van der Waals surface area contributed by atoms with Gasteiger partial charge in [0.25, 0.3) is 5.91 Å². The largest absolute Gasteiger partial charge is 0.493 e. The van der Waals surface area contributed by atoms with Crippen LogP contribution < -0.4 is 15.2 Å². The first kappa shape index (κ1) is 19.2. The van der Waals surface area contributed by atoms with Gasteiger partial charge in [-0.2, -0.15) is 28.6 Å². The van der Waals surface area contributed by atoms with Crippen LogP contribution in [0.3, 0.4) is 0 Å². The van der Waals surface area contributed by atoms with Gasteiger partial charge in [-0.15, -0.1) is 0 Å². The smallest absolute Gasteiger partial charge is 0.416 e. The zero-order valence-corrected chi connectivity index (χ0v) is 14.6. The average molecular weight is 392 g/mol. The Morgan fingerprint density at radius 3 is 2.61 bits per heavy atom. The Morgan fingerprint density at radius 1 is 1.18 bits per heavy atom. The molecule has 1 amide bonds. The summed E-state index contributed by atoms with van der Waals surface area (Å²) >= 11 is 0. The SMILES string of the molecule is COc1cccc(-c2n[nH]nc2C(N)=O)c1OCc1cccc(C(F)(F)F)c1. The van der Waals surface area contributed by atoms with E-state index in [0.29, 0.717) is 16.9 Å². The van der Waals surface area contributed by atoms with Crippen molar-refractivity contribution in [1.29, 1.82) is 0 Å². The predicted octanol–water partition coefficient (Wildman–Crippen LogP) is 3.18. The van der Waals surface area contributed by atoms with Crippen LogP contribution in [-0.4, -0.2) is 28.4 Å². The number of halogens is 3. The Bertz CT molecular complexity index is 1000. The van der Waals surface area contributed by atoms with E-state index in [4.69, 9.17) is 15.2 Å². The summed E-state index contributed by atoms with van der Waals surface area (Å²) < 4.78 is 49.7. The molecular weight excluding hydrogens is 377 g/mol. The number of rotatable bonds is 6. The van der Waals surface area contributed by atoms with Crippen molar-refractivity contribution in [1.82, 2.24) is 15.4 Å². The highest BCUT2D eigenvalue weighted by Crippen LogP contribution is 2.39. The highest BCUT2D eigenvalue weighted by atomic mass is 19.4. The van der Waals surface area contributed by atoms with Crippen LogP contribution in [0.5, 0.6) is 11.5 Å². The van der Waals surface area contributed by atoms with E-state index >= 15 is 0 Å². The molecule has 2 aromatic carbocycles. The number of H-pyrrole nitrogens is 1.